The Balaban J connectivity index is 2.44. The highest BCUT2D eigenvalue weighted by atomic mass is 32.1. The van der Waals surface area contributed by atoms with Crippen LogP contribution in [0, 0.1) is 23.1 Å². The molecule has 0 aromatic heterocycles. The number of Topliss-reactive ketones (excluding diaryl/α,β-unsaturated/α-hetero) is 1. The molecule has 1 aromatic rings. The van der Waals surface area contributed by atoms with Crippen molar-refractivity contribution in [2.24, 2.45) is 5.92 Å². The Bertz CT molecular complexity index is 759. The number of halogens is 1. The number of esters is 1. The van der Waals surface area contributed by atoms with E-state index in [1.165, 1.54) is 12.1 Å². The smallest absolute Gasteiger partial charge is 0.334 e. The molecule has 1 amide bonds. The van der Waals surface area contributed by atoms with E-state index in [-0.39, 0.29) is 10.7 Å². The van der Waals surface area contributed by atoms with Crippen LogP contribution in [0.15, 0.2) is 24.3 Å². The monoisotopic (exact) mass is 349 g/mol. The number of ether oxygens (including phenoxy) is 1. The van der Waals surface area contributed by atoms with E-state index in [1.54, 1.807) is 6.07 Å². The fourth-order valence-corrected chi connectivity index (χ4v) is 2.73. The molecule has 2 N–H and O–H groups in total. The normalized spacial score (nSPS) is 22.8. The van der Waals surface area contributed by atoms with Crippen molar-refractivity contribution in [3.63, 3.8) is 0 Å². The molecule has 2 rings (SSSR count). The van der Waals surface area contributed by atoms with E-state index < -0.39 is 41.4 Å². The summed E-state index contributed by atoms with van der Waals surface area (Å²) in [5.74, 6) is -4.41. The number of amides is 1. The minimum atomic E-state index is -1.95. The Labute approximate surface area is 141 Å². The molecule has 1 heterocycles. The Morgan fingerprint density at radius 1 is 1.42 bits per heavy atom. The van der Waals surface area contributed by atoms with Gasteiger partial charge in [-0.05, 0) is 36.5 Å². The van der Waals surface area contributed by atoms with Gasteiger partial charge in [0.1, 0.15) is 5.82 Å². The number of benzene rings is 1. The predicted molar refractivity (Wildman–Crippen MR) is 83.1 cm³/mol. The Hall–Kier alpha value is -2.86. The maximum atomic E-state index is 13.0. The summed E-state index contributed by atoms with van der Waals surface area (Å²) in [6.45, 7) is 0. The first kappa shape index (κ1) is 17.5. The predicted octanol–water partition coefficient (Wildman–Crippen LogP) is 0.454. The Morgan fingerprint density at radius 3 is 2.58 bits per heavy atom. The van der Waals surface area contributed by atoms with Gasteiger partial charge in [-0.2, -0.15) is 5.26 Å². The first-order valence-electron chi connectivity index (χ1n) is 6.74. The second kappa shape index (κ2) is 6.72. The van der Waals surface area contributed by atoms with Crippen LogP contribution < -0.4 is 10.6 Å². The van der Waals surface area contributed by atoms with E-state index in [0.717, 1.165) is 19.2 Å². The Kier molecular flexibility index (Phi) is 4.90. The lowest BCUT2D eigenvalue weighted by Gasteiger charge is -2.38. The third-order valence-corrected chi connectivity index (χ3v) is 3.82. The zero-order valence-electron chi connectivity index (χ0n) is 12.5. The van der Waals surface area contributed by atoms with Gasteiger partial charge in [0.2, 0.25) is 5.91 Å². The number of hydrogen-bond acceptors (Lipinski definition) is 6. The number of rotatable bonds is 4. The second-order valence-electron chi connectivity index (χ2n) is 5.08. The summed E-state index contributed by atoms with van der Waals surface area (Å²) in [6.07, 6.45) is -0.558. The van der Waals surface area contributed by atoms with Crippen molar-refractivity contribution >= 4 is 35.0 Å². The summed E-state index contributed by atoms with van der Waals surface area (Å²) < 4.78 is 17.6. The molecule has 1 aliphatic rings. The number of carbonyl (C=O) groups excluding carboxylic acids is 3. The molecule has 1 aliphatic heterocycles. The average Bonchev–Trinajstić information content (AvgIpc) is 2.54. The molecule has 1 saturated heterocycles. The van der Waals surface area contributed by atoms with E-state index in [9.17, 15) is 24.0 Å². The summed E-state index contributed by atoms with van der Waals surface area (Å²) >= 11 is 4.87. The van der Waals surface area contributed by atoms with Crippen LogP contribution in [0.3, 0.4) is 0 Å². The number of nitrogens with one attached hydrogen (secondary N) is 2. The lowest BCUT2D eigenvalue weighted by molar-refractivity contribution is -0.152. The molecule has 0 aliphatic carbocycles. The molecule has 2 atom stereocenters. The SMILES string of the molecule is COC(=O)[C@]1(CC(=O)c2ccc(F)cc2)NC(=S)NC(=O)[C@@H]1C#N. The third-order valence-electron chi connectivity index (χ3n) is 3.61. The van der Waals surface area contributed by atoms with Crippen molar-refractivity contribution in [3.05, 3.63) is 35.6 Å². The molecule has 9 heteroatoms. The summed E-state index contributed by atoms with van der Waals surface area (Å²) in [6, 6.07) is 6.36. The highest BCUT2D eigenvalue weighted by Gasteiger charge is 2.55. The van der Waals surface area contributed by atoms with Crippen molar-refractivity contribution in [1.82, 2.24) is 10.6 Å². The molecule has 24 heavy (non-hydrogen) atoms. The maximum absolute atomic E-state index is 13.0. The van der Waals surface area contributed by atoms with E-state index in [2.05, 4.69) is 15.4 Å². The van der Waals surface area contributed by atoms with Crippen molar-refractivity contribution in [1.29, 1.82) is 5.26 Å². The van der Waals surface area contributed by atoms with Crippen LogP contribution in [-0.4, -0.2) is 35.4 Å². The van der Waals surface area contributed by atoms with Crippen LogP contribution >= 0.6 is 12.2 Å². The number of carbonyl (C=O) groups is 3. The van der Waals surface area contributed by atoms with E-state index in [4.69, 9.17) is 12.2 Å². The summed E-state index contributed by atoms with van der Waals surface area (Å²) in [4.78, 5) is 36.8. The summed E-state index contributed by atoms with van der Waals surface area (Å²) in [5.41, 5.74) is -1.83. The van der Waals surface area contributed by atoms with Crippen molar-refractivity contribution < 1.29 is 23.5 Å². The van der Waals surface area contributed by atoms with Gasteiger partial charge in [0.05, 0.1) is 13.2 Å². The fraction of sp³-hybridized carbons (Fsp3) is 0.267. The molecule has 1 aromatic carbocycles. The van der Waals surface area contributed by atoms with E-state index in [1.807, 2.05) is 0 Å². The van der Waals surface area contributed by atoms with Gasteiger partial charge in [-0.15, -0.1) is 0 Å². The molecular weight excluding hydrogens is 337 g/mol. The number of thiocarbonyl (C=S) groups is 1. The maximum Gasteiger partial charge on any atom is 0.334 e. The van der Waals surface area contributed by atoms with Crippen LogP contribution in [0.25, 0.3) is 0 Å². The highest BCUT2D eigenvalue weighted by molar-refractivity contribution is 7.80. The van der Waals surface area contributed by atoms with Gasteiger partial charge in [-0.3, -0.25) is 9.59 Å². The molecule has 124 valence electrons. The zero-order chi connectivity index (χ0) is 17.9. The fourth-order valence-electron chi connectivity index (χ4n) is 2.44. The van der Waals surface area contributed by atoms with Gasteiger partial charge in [-0.25, -0.2) is 9.18 Å². The number of nitriles is 1. The number of nitrogens with zero attached hydrogens (tertiary/aromatic N) is 1. The lowest BCUT2D eigenvalue weighted by Crippen LogP contribution is -2.70. The van der Waals surface area contributed by atoms with Crippen LogP contribution in [0.4, 0.5) is 4.39 Å². The van der Waals surface area contributed by atoms with Gasteiger partial charge < -0.3 is 15.4 Å². The van der Waals surface area contributed by atoms with E-state index in [0.29, 0.717) is 0 Å². The van der Waals surface area contributed by atoms with Gasteiger partial charge in [0.25, 0.3) is 0 Å². The molecular formula is C15H12FN3O4S. The zero-order valence-corrected chi connectivity index (χ0v) is 13.3. The third kappa shape index (κ3) is 3.09. The van der Waals surface area contributed by atoms with Crippen LogP contribution in [0.2, 0.25) is 0 Å². The van der Waals surface area contributed by atoms with Gasteiger partial charge in [0, 0.05) is 12.0 Å². The highest BCUT2D eigenvalue weighted by Crippen LogP contribution is 2.28. The van der Waals surface area contributed by atoms with Gasteiger partial charge >= 0.3 is 5.97 Å². The van der Waals surface area contributed by atoms with Crippen molar-refractivity contribution in [3.8, 4) is 6.07 Å². The molecule has 0 radical (unpaired) electrons. The first-order chi connectivity index (χ1) is 11.3. The van der Waals surface area contributed by atoms with Crippen LogP contribution in [0.5, 0.6) is 0 Å². The number of methoxy groups -OCH3 is 1. The first-order valence-corrected chi connectivity index (χ1v) is 7.14. The Morgan fingerprint density at radius 2 is 2.04 bits per heavy atom. The van der Waals surface area contributed by atoms with Gasteiger partial charge in [-0.1, -0.05) is 0 Å². The lowest BCUT2D eigenvalue weighted by atomic mass is 9.77. The van der Waals surface area contributed by atoms with Crippen molar-refractivity contribution in [2.75, 3.05) is 7.11 Å². The van der Waals surface area contributed by atoms with Crippen molar-refractivity contribution in [2.45, 2.75) is 12.0 Å². The largest absolute Gasteiger partial charge is 0.467 e. The molecule has 0 unspecified atom stereocenters. The molecule has 0 saturated carbocycles. The number of ketones is 1. The molecule has 0 spiro atoms. The van der Waals surface area contributed by atoms with Crippen LogP contribution in [-0.2, 0) is 14.3 Å². The topological polar surface area (TPSA) is 108 Å². The quantitative estimate of drug-likeness (QED) is 0.462. The molecule has 7 nitrogen and oxygen atoms in total. The second-order valence-corrected chi connectivity index (χ2v) is 5.48. The minimum Gasteiger partial charge on any atom is -0.467 e. The number of hydrogen-bond donors (Lipinski definition) is 2. The molecule has 0 bridgehead atoms. The van der Waals surface area contributed by atoms with E-state index >= 15 is 0 Å². The standard InChI is InChI=1S/C15H12FN3O4S/c1-23-13(22)15(10(7-17)12(21)18-14(24)19-15)6-11(20)8-2-4-9(16)5-3-8/h2-5,10H,6H2,1H3,(H2,18,19,21,24)/t10-,15+/m0/s1. The van der Waals surface area contributed by atoms with Crippen LogP contribution in [0.1, 0.15) is 16.8 Å². The minimum absolute atomic E-state index is 0.120. The van der Waals surface area contributed by atoms with Gasteiger partial charge in [0.15, 0.2) is 22.4 Å². The molecule has 1 fully saturated rings. The summed E-state index contributed by atoms with van der Waals surface area (Å²) in [7, 11) is 1.07. The average molecular weight is 349 g/mol. The summed E-state index contributed by atoms with van der Waals surface area (Å²) in [5, 5.41) is 13.9.